The molecule has 0 aliphatic carbocycles. The lowest BCUT2D eigenvalue weighted by atomic mass is 10.2. The van der Waals surface area contributed by atoms with Crippen molar-refractivity contribution in [3.05, 3.63) is 39.9 Å². The summed E-state index contributed by atoms with van der Waals surface area (Å²) in [4.78, 5) is 27.1. The summed E-state index contributed by atoms with van der Waals surface area (Å²) in [5.41, 5.74) is 6.54. The topological polar surface area (TPSA) is 85.1 Å². The molecule has 3 N–H and O–H groups in total. The van der Waals surface area contributed by atoms with Gasteiger partial charge in [-0.2, -0.15) is 0 Å². The van der Waals surface area contributed by atoms with E-state index in [0.717, 1.165) is 0 Å². The zero-order valence-corrected chi connectivity index (χ0v) is 11.5. The third-order valence-corrected chi connectivity index (χ3v) is 3.54. The number of ketones is 1. The first-order chi connectivity index (χ1) is 8.99. The Morgan fingerprint density at radius 3 is 2.79 bits per heavy atom. The van der Waals surface area contributed by atoms with Crippen molar-refractivity contribution in [3.63, 3.8) is 0 Å². The van der Waals surface area contributed by atoms with E-state index in [-0.39, 0.29) is 16.4 Å². The summed E-state index contributed by atoms with van der Waals surface area (Å²) in [6.07, 6.45) is 0. The van der Waals surface area contributed by atoms with Crippen LogP contribution in [0.4, 0.5) is 10.8 Å². The third-order valence-electron chi connectivity index (χ3n) is 2.36. The zero-order valence-electron chi connectivity index (χ0n) is 9.94. The molecular formula is C12H10ClN3O2S. The minimum absolute atomic E-state index is 0.154. The van der Waals surface area contributed by atoms with Crippen LogP contribution in [-0.4, -0.2) is 16.7 Å². The average molecular weight is 296 g/mol. The number of benzene rings is 1. The van der Waals surface area contributed by atoms with E-state index in [1.54, 1.807) is 23.6 Å². The van der Waals surface area contributed by atoms with Gasteiger partial charge in [-0.15, -0.1) is 11.3 Å². The second kappa shape index (κ2) is 5.38. The molecule has 2 rings (SSSR count). The second-order valence-corrected chi connectivity index (χ2v) is 4.99. The van der Waals surface area contributed by atoms with Crippen LogP contribution >= 0.6 is 22.9 Å². The number of nitrogens with two attached hydrogens (primary N) is 1. The van der Waals surface area contributed by atoms with Crippen LogP contribution in [0, 0.1) is 0 Å². The Bertz CT molecular complexity index is 654. The van der Waals surface area contributed by atoms with Crippen LogP contribution in [-0.2, 0) is 0 Å². The molecular weight excluding hydrogens is 286 g/mol. The van der Waals surface area contributed by atoms with Gasteiger partial charge in [0.15, 0.2) is 10.9 Å². The highest BCUT2D eigenvalue weighted by Gasteiger charge is 2.14. The summed E-state index contributed by atoms with van der Waals surface area (Å²) in [7, 11) is 0. The number of rotatable bonds is 3. The standard InChI is InChI=1S/C12H10ClN3O2S/c1-6(17)9-5-19-12(15-9)16-11(18)7-3-2-4-8(14)10(7)13/h2-5H,14H2,1H3,(H,15,16,18). The number of nitrogens with one attached hydrogen (secondary N) is 1. The number of halogens is 1. The van der Waals surface area contributed by atoms with Gasteiger partial charge >= 0.3 is 0 Å². The van der Waals surface area contributed by atoms with Crippen LogP contribution in [0.25, 0.3) is 0 Å². The molecule has 0 spiro atoms. The quantitative estimate of drug-likeness (QED) is 0.673. The Hall–Kier alpha value is -1.92. The normalized spacial score (nSPS) is 10.2. The molecule has 0 bridgehead atoms. The van der Waals surface area contributed by atoms with Crippen molar-refractivity contribution in [1.29, 1.82) is 0 Å². The number of amides is 1. The molecule has 0 atom stereocenters. The fourth-order valence-corrected chi connectivity index (χ4v) is 2.34. The number of nitrogens with zero attached hydrogens (tertiary/aromatic N) is 1. The van der Waals surface area contributed by atoms with Gasteiger partial charge in [-0.1, -0.05) is 17.7 Å². The highest BCUT2D eigenvalue weighted by atomic mass is 35.5. The van der Waals surface area contributed by atoms with E-state index in [4.69, 9.17) is 17.3 Å². The lowest BCUT2D eigenvalue weighted by Gasteiger charge is -2.05. The van der Waals surface area contributed by atoms with Gasteiger partial charge in [0.2, 0.25) is 0 Å². The molecule has 7 heteroatoms. The number of aromatic nitrogens is 1. The molecule has 0 radical (unpaired) electrons. The van der Waals surface area contributed by atoms with Crippen LogP contribution in [0.15, 0.2) is 23.6 Å². The van der Waals surface area contributed by atoms with Crippen LogP contribution in [0.5, 0.6) is 0 Å². The first kappa shape index (κ1) is 13.5. The Labute approximate surface area is 118 Å². The van der Waals surface area contributed by atoms with E-state index in [0.29, 0.717) is 16.5 Å². The van der Waals surface area contributed by atoms with Crippen molar-refractivity contribution in [2.45, 2.75) is 6.92 Å². The van der Waals surface area contributed by atoms with Gasteiger partial charge in [-0.05, 0) is 12.1 Å². The van der Waals surface area contributed by atoms with E-state index in [1.807, 2.05) is 0 Å². The monoisotopic (exact) mass is 295 g/mol. The third kappa shape index (κ3) is 2.91. The highest BCUT2D eigenvalue weighted by molar-refractivity contribution is 7.14. The number of thiazole rings is 1. The van der Waals surface area contributed by atoms with Crippen LogP contribution in [0.1, 0.15) is 27.8 Å². The Kier molecular flexibility index (Phi) is 3.82. The Morgan fingerprint density at radius 2 is 2.16 bits per heavy atom. The molecule has 1 aromatic carbocycles. The molecule has 1 heterocycles. The lowest BCUT2D eigenvalue weighted by molar-refractivity contribution is 0.100. The number of carbonyl (C=O) groups is 2. The average Bonchev–Trinajstić information content (AvgIpc) is 2.81. The molecule has 1 amide bonds. The number of nitrogen functional groups attached to an aromatic ring is 1. The molecule has 5 nitrogen and oxygen atoms in total. The van der Waals surface area contributed by atoms with Crippen LogP contribution in [0.2, 0.25) is 5.02 Å². The van der Waals surface area contributed by atoms with Crippen LogP contribution in [0.3, 0.4) is 0 Å². The van der Waals surface area contributed by atoms with Crippen molar-refractivity contribution < 1.29 is 9.59 Å². The second-order valence-electron chi connectivity index (χ2n) is 3.76. The fraction of sp³-hybridized carbons (Fsp3) is 0.0833. The molecule has 0 saturated heterocycles. The molecule has 0 unspecified atom stereocenters. The SMILES string of the molecule is CC(=O)c1csc(NC(=O)c2cccc(N)c2Cl)n1. The predicted molar refractivity (Wildman–Crippen MR) is 75.9 cm³/mol. The summed E-state index contributed by atoms with van der Waals surface area (Å²) in [6.45, 7) is 1.41. The molecule has 1 aromatic heterocycles. The van der Waals surface area contributed by atoms with Crippen molar-refractivity contribution in [3.8, 4) is 0 Å². The minimum atomic E-state index is -0.415. The van der Waals surface area contributed by atoms with E-state index >= 15 is 0 Å². The fourth-order valence-electron chi connectivity index (χ4n) is 1.38. The van der Waals surface area contributed by atoms with Crippen LogP contribution < -0.4 is 11.1 Å². The number of hydrogen-bond donors (Lipinski definition) is 2. The summed E-state index contributed by atoms with van der Waals surface area (Å²) in [5, 5.41) is 4.70. The van der Waals surface area contributed by atoms with Crippen molar-refractivity contribution in [2.24, 2.45) is 0 Å². The van der Waals surface area contributed by atoms with E-state index in [9.17, 15) is 9.59 Å². The first-order valence-corrected chi connectivity index (χ1v) is 6.56. The Balaban J connectivity index is 2.21. The number of carbonyl (C=O) groups excluding carboxylic acids is 2. The summed E-state index contributed by atoms with van der Waals surface area (Å²) in [5.74, 6) is -0.569. The maximum Gasteiger partial charge on any atom is 0.259 e. The van der Waals surface area contributed by atoms with Crippen molar-refractivity contribution in [1.82, 2.24) is 4.98 Å². The smallest absolute Gasteiger partial charge is 0.259 e. The first-order valence-electron chi connectivity index (χ1n) is 5.31. The number of Topliss-reactive ketones (excluding diaryl/α,β-unsaturated/α-hetero) is 1. The molecule has 2 aromatic rings. The zero-order chi connectivity index (χ0) is 14.0. The molecule has 0 fully saturated rings. The van der Waals surface area contributed by atoms with Crippen molar-refractivity contribution in [2.75, 3.05) is 11.1 Å². The minimum Gasteiger partial charge on any atom is -0.398 e. The largest absolute Gasteiger partial charge is 0.398 e. The van der Waals surface area contributed by atoms with Crippen molar-refractivity contribution >= 4 is 45.4 Å². The maximum atomic E-state index is 12.0. The summed E-state index contributed by atoms with van der Waals surface area (Å²) < 4.78 is 0. The van der Waals surface area contributed by atoms with E-state index in [1.165, 1.54) is 18.3 Å². The van der Waals surface area contributed by atoms with Gasteiger partial charge < -0.3 is 5.73 Å². The molecule has 19 heavy (non-hydrogen) atoms. The molecule has 0 saturated carbocycles. The number of hydrogen-bond acceptors (Lipinski definition) is 5. The molecule has 0 aliphatic heterocycles. The van der Waals surface area contributed by atoms with Gasteiger partial charge in [0.25, 0.3) is 5.91 Å². The lowest BCUT2D eigenvalue weighted by Crippen LogP contribution is -2.13. The Morgan fingerprint density at radius 1 is 1.42 bits per heavy atom. The van der Waals surface area contributed by atoms with E-state index < -0.39 is 5.91 Å². The molecule has 0 aliphatic rings. The maximum absolute atomic E-state index is 12.0. The highest BCUT2D eigenvalue weighted by Crippen LogP contribution is 2.24. The van der Waals surface area contributed by atoms with Gasteiger partial charge in [0, 0.05) is 12.3 Å². The van der Waals surface area contributed by atoms with Gasteiger partial charge in [0.05, 0.1) is 16.3 Å². The predicted octanol–water partition coefficient (Wildman–Crippen LogP) is 2.83. The summed E-state index contributed by atoms with van der Waals surface area (Å²) >= 11 is 7.13. The van der Waals surface area contributed by atoms with Gasteiger partial charge in [-0.25, -0.2) is 4.98 Å². The van der Waals surface area contributed by atoms with Gasteiger partial charge in [-0.3, -0.25) is 14.9 Å². The number of anilines is 2. The summed E-state index contributed by atoms with van der Waals surface area (Å²) in [6, 6.07) is 4.81. The van der Waals surface area contributed by atoms with E-state index in [2.05, 4.69) is 10.3 Å². The van der Waals surface area contributed by atoms with Gasteiger partial charge in [0.1, 0.15) is 5.69 Å². The molecule has 98 valence electrons.